The summed E-state index contributed by atoms with van der Waals surface area (Å²) in [6.07, 6.45) is 2.22. The van der Waals surface area contributed by atoms with E-state index in [1.54, 1.807) is 30.3 Å². The van der Waals surface area contributed by atoms with Crippen molar-refractivity contribution in [1.82, 2.24) is 4.98 Å². The molecule has 4 aromatic carbocycles. The molecule has 0 aliphatic heterocycles. The third-order valence-corrected chi connectivity index (χ3v) is 6.35. The van der Waals surface area contributed by atoms with Crippen LogP contribution in [0.2, 0.25) is 0 Å². The van der Waals surface area contributed by atoms with Gasteiger partial charge in [-0.3, -0.25) is 4.79 Å². The van der Waals surface area contributed by atoms with Gasteiger partial charge in [0.15, 0.2) is 0 Å². The lowest BCUT2D eigenvalue weighted by atomic mass is 10.0. The first-order chi connectivity index (χ1) is 17.0. The van der Waals surface area contributed by atoms with Crippen molar-refractivity contribution in [2.75, 3.05) is 5.01 Å². The Kier molecular flexibility index (Phi) is 6.41. The summed E-state index contributed by atoms with van der Waals surface area (Å²) in [7, 11) is 0. The van der Waals surface area contributed by atoms with Gasteiger partial charge in [0.1, 0.15) is 11.6 Å². The van der Waals surface area contributed by atoms with Crippen molar-refractivity contribution in [2.24, 2.45) is 5.10 Å². The predicted molar refractivity (Wildman–Crippen MR) is 136 cm³/mol. The zero-order valence-corrected chi connectivity index (χ0v) is 19.3. The molecular formula is C28H19F2N3OS. The molecule has 35 heavy (non-hydrogen) atoms. The lowest BCUT2D eigenvalue weighted by molar-refractivity contribution is 0.0988. The molecule has 0 N–H and O–H groups in total. The molecule has 0 spiro atoms. The number of hydrogen-bond donors (Lipinski definition) is 0. The molecule has 1 heterocycles. The van der Waals surface area contributed by atoms with E-state index in [4.69, 9.17) is 0 Å². The average Bonchev–Trinajstić information content (AvgIpc) is 3.29. The number of carbonyl (C=O) groups is 1. The minimum atomic E-state index is -0.380. The summed E-state index contributed by atoms with van der Waals surface area (Å²) in [5.41, 5.74) is 3.88. The number of benzene rings is 4. The lowest BCUT2D eigenvalue weighted by Crippen LogP contribution is -2.25. The topological polar surface area (TPSA) is 45.6 Å². The van der Waals surface area contributed by atoms with Gasteiger partial charge >= 0.3 is 0 Å². The van der Waals surface area contributed by atoms with Crippen molar-refractivity contribution in [2.45, 2.75) is 6.42 Å². The molecule has 5 aromatic rings. The van der Waals surface area contributed by atoms with Crippen LogP contribution in [0.1, 0.15) is 27.0 Å². The number of amides is 1. The average molecular weight is 484 g/mol. The fraction of sp³-hybridized carbons (Fsp3) is 0.0357. The van der Waals surface area contributed by atoms with E-state index >= 15 is 0 Å². The number of rotatable bonds is 6. The Bertz CT molecular complexity index is 1500. The van der Waals surface area contributed by atoms with E-state index in [1.165, 1.54) is 52.4 Å². The molecule has 7 heteroatoms. The SMILES string of the molecule is O=C(c1ccc(Cc2ccccc2)cc1)N(/N=C/c1ccc(F)cc1)c1nc2ccc(F)cc2s1. The Morgan fingerprint density at radius 2 is 1.54 bits per heavy atom. The van der Waals surface area contributed by atoms with Gasteiger partial charge in [0.25, 0.3) is 5.91 Å². The van der Waals surface area contributed by atoms with E-state index in [9.17, 15) is 13.6 Å². The molecule has 1 aromatic heterocycles. The van der Waals surface area contributed by atoms with Crippen LogP contribution in [0.5, 0.6) is 0 Å². The second-order valence-corrected chi connectivity index (χ2v) is 8.89. The number of carbonyl (C=O) groups excluding carboxylic acids is 1. The molecule has 0 aliphatic rings. The highest BCUT2D eigenvalue weighted by molar-refractivity contribution is 7.22. The fourth-order valence-electron chi connectivity index (χ4n) is 3.56. The standard InChI is InChI=1S/C28H19F2N3OS/c29-23-12-8-21(9-13-23)18-31-33(28-32-25-15-14-24(30)17-26(25)35-28)27(34)22-10-6-20(7-11-22)16-19-4-2-1-3-5-19/h1-15,17-18H,16H2/b31-18+. The smallest absolute Gasteiger partial charge is 0.267 e. The molecule has 5 rings (SSSR count). The van der Waals surface area contributed by atoms with Crippen LogP contribution in [0, 0.1) is 11.6 Å². The number of hydrogen-bond acceptors (Lipinski definition) is 4. The highest BCUT2D eigenvalue weighted by Gasteiger charge is 2.21. The largest absolute Gasteiger partial charge is 0.280 e. The number of hydrazone groups is 1. The number of halogens is 2. The van der Waals surface area contributed by atoms with Crippen molar-refractivity contribution in [3.8, 4) is 0 Å². The van der Waals surface area contributed by atoms with Gasteiger partial charge in [-0.05, 0) is 65.6 Å². The Balaban J connectivity index is 1.46. The molecule has 1 amide bonds. The molecule has 0 unspecified atom stereocenters. The summed E-state index contributed by atoms with van der Waals surface area (Å²) in [5.74, 6) is -1.12. The number of thiazole rings is 1. The summed E-state index contributed by atoms with van der Waals surface area (Å²) in [4.78, 5) is 18.0. The lowest BCUT2D eigenvalue weighted by Gasteiger charge is -2.14. The second-order valence-electron chi connectivity index (χ2n) is 7.88. The summed E-state index contributed by atoms with van der Waals surface area (Å²) >= 11 is 1.17. The van der Waals surface area contributed by atoms with Gasteiger partial charge in [-0.2, -0.15) is 10.1 Å². The van der Waals surface area contributed by atoms with Gasteiger partial charge in [0.2, 0.25) is 5.13 Å². The Morgan fingerprint density at radius 3 is 2.29 bits per heavy atom. The molecule has 0 aliphatic carbocycles. The molecular weight excluding hydrogens is 464 g/mol. The van der Waals surface area contributed by atoms with Crippen LogP contribution in [-0.2, 0) is 6.42 Å². The number of fused-ring (bicyclic) bond motifs is 1. The van der Waals surface area contributed by atoms with Crippen LogP contribution in [0.25, 0.3) is 10.2 Å². The van der Waals surface area contributed by atoms with Crippen LogP contribution in [0.3, 0.4) is 0 Å². The summed E-state index contributed by atoms with van der Waals surface area (Å²) < 4.78 is 27.6. The summed E-state index contributed by atoms with van der Waals surface area (Å²) in [6, 6.07) is 27.4. The maximum absolute atomic E-state index is 13.7. The molecule has 0 saturated carbocycles. The van der Waals surface area contributed by atoms with Crippen LogP contribution < -0.4 is 5.01 Å². The van der Waals surface area contributed by atoms with Gasteiger partial charge < -0.3 is 0 Å². The molecule has 4 nitrogen and oxygen atoms in total. The van der Waals surface area contributed by atoms with Crippen molar-refractivity contribution in [3.05, 3.63) is 131 Å². The predicted octanol–water partition coefficient (Wildman–Crippen LogP) is 6.85. The van der Waals surface area contributed by atoms with Crippen molar-refractivity contribution in [1.29, 1.82) is 0 Å². The Labute approximate surface area is 204 Å². The normalized spacial score (nSPS) is 11.3. The first-order valence-corrected chi connectivity index (χ1v) is 11.7. The Morgan fingerprint density at radius 1 is 0.857 bits per heavy atom. The zero-order valence-electron chi connectivity index (χ0n) is 18.4. The van der Waals surface area contributed by atoms with Crippen LogP contribution in [0.4, 0.5) is 13.9 Å². The maximum atomic E-state index is 13.7. The highest BCUT2D eigenvalue weighted by atomic mass is 32.1. The van der Waals surface area contributed by atoms with E-state index in [0.717, 1.165) is 12.0 Å². The van der Waals surface area contributed by atoms with Gasteiger partial charge in [0, 0.05) is 5.56 Å². The number of aromatic nitrogens is 1. The van der Waals surface area contributed by atoms with Gasteiger partial charge in [0.05, 0.1) is 16.4 Å². The van der Waals surface area contributed by atoms with E-state index in [1.807, 2.05) is 30.3 Å². The first-order valence-electron chi connectivity index (χ1n) is 10.9. The minimum Gasteiger partial charge on any atom is -0.267 e. The van der Waals surface area contributed by atoms with E-state index in [0.29, 0.717) is 26.5 Å². The highest BCUT2D eigenvalue weighted by Crippen LogP contribution is 2.30. The molecule has 0 fully saturated rings. The molecule has 0 radical (unpaired) electrons. The third-order valence-electron chi connectivity index (χ3n) is 5.36. The zero-order chi connectivity index (χ0) is 24.2. The van der Waals surface area contributed by atoms with Gasteiger partial charge in [-0.1, -0.05) is 65.9 Å². The van der Waals surface area contributed by atoms with Crippen molar-refractivity contribution >= 4 is 38.8 Å². The fourth-order valence-corrected chi connectivity index (χ4v) is 4.50. The third kappa shape index (κ3) is 5.31. The van der Waals surface area contributed by atoms with Gasteiger partial charge in [-0.15, -0.1) is 0 Å². The quantitative estimate of drug-likeness (QED) is 0.196. The van der Waals surface area contributed by atoms with E-state index in [2.05, 4.69) is 22.2 Å². The van der Waals surface area contributed by atoms with Gasteiger partial charge in [-0.25, -0.2) is 13.8 Å². The van der Waals surface area contributed by atoms with Crippen LogP contribution in [0.15, 0.2) is 102 Å². The summed E-state index contributed by atoms with van der Waals surface area (Å²) in [5, 5.41) is 5.87. The first kappa shape index (κ1) is 22.6. The van der Waals surface area contributed by atoms with Crippen molar-refractivity contribution < 1.29 is 13.6 Å². The minimum absolute atomic E-state index is 0.308. The summed E-state index contributed by atoms with van der Waals surface area (Å²) in [6.45, 7) is 0. The number of nitrogens with zero attached hydrogens (tertiary/aromatic N) is 3. The molecule has 0 atom stereocenters. The monoisotopic (exact) mass is 483 g/mol. The van der Waals surface area contributed by atoms with E-state index < -0.39 is 0 Å². The molecule has 172 valence electrons. The van der Waals surface area contributed by atoms with Crippen LogP contribution in [-0.4, -0.2) is 17.1 Å². The molecule has 0 bridgehead atoms. The maximum Gasteiger partial charge on any atom is 0.280 e. The second kappa shape index (κ2) is 9.95. The molecule has 0 saturated heterocycles. The van der Waals surface area contributed by atoms with Crippen LogP contribution >= 0.6 is 11.3 Å². The number of anilines is 1. The van der Waals surface area contributed by atoms with E-state index in [-0.39, 0.29) is 17.5 Å². The van der Waals surface area contributed by atoms with Crippen molar-refractivity contribution in [3.63, 3.8) is 0 Å². The Hall–Kier alpha value is -4.23.